The molecule has 6 nitrogen and oxygen atoms in total. The fourth-order valence-corrected chi connectivity index (χ4v) is 5.24. The Hall–Kier alpha value is -2.11. The molecule has 1 fully saturated rings. The number of ether oxygens (including phenoxy) is 3. The Labute approximate surface area is 185 Å². The van der Waals surface area contributed by atoms with E-state index in [4.69, 9.17) is 14.2 Å². The highest BCUT2D eigenvalue weighted by Gasteiger charge is 2.42. The number of cyclic esters (lactones) is 1. The molecule has 8 unspecified atom stereocenters. The molecule has 0 bridgehead atoms. The van der Waals surface area contributed by atoms with Crippen molar-refractivity contribution in [1.82, 2.24) is 0 Å². The molecule has 1 saturated heterocycles. The number of rotatable bonds is 8. The Bertz CT molecular complexity index is 726. The predicted octanol–water partition coefficient (Wildman–Crippen LogP) is 4.38. The van der Waals surface area contributed by atoms with E-state index < -0.39 is 6.10 Å². The number of carbonyl (C=O) groups excluding carboxylic acids is 3. The second-order valence-corrected chi connectivity index (χ2v) is 9.56. The minimum Gasteiger partial charge on any atom is -0.464 e. The fraction of sp³-hybridized carbons (Fsp3) is 0.720. The first-order valence-electron chi connectivity index (χ1n) is 11.7. The highest BCUT2D eigenvalue weighted by Crippen LogP contribution is 2.45. The number of hydrogen-bond acceptors (Lipinski definition) is 6. The summed E-state index contributed by atoms with van der Waals surface area (Å²) in [7, 11) is 0. The van der Waals surface area contributed by atoms with Gasteiger partial charge in [-0.05, 0) is 49.0 Å². The van der Waals surface area contributed by atoms with Crippen LogP contribution in [0.25, 0.3) is 0 Å². The Balaban J connectivity index is 1.72. The van der Waals surface area contributed by atoms with Crippen LogP contribution in [0.3, 0.4) is 0 Å². The topological polar surface area (TPSA) is 78.9 Å². The lowest BCUT2D eigenvalue weighted by molar-refractivity contribution is -0.166. The molecule has 0 aromatic heterocycles. The van der Waals surface area contributed by atoms with Crippen molar-refractivity contribution in [3.8, 4) is 0 Å². The molecule has 3 rings (SSSR count). The van der Waals surface area contributed by atoms with Gasteiger partial charge in [0.1, 0.15) is 18.3 Å². The average molecular weight is 433 g/mol. The van der Waals surface area contributed by atoms with Gasteiger partial charge in [-0.2, -0.15) is 0 Å². The van der Waals surface area contributed by atoms with Crippen LogP contribution < -0.4 is 0 Å². The van der Waals surface area contributed by atoms with Crippen molar-refractivity contribution >= 4 is 18.4 Å². The molecule has 0 N–H and O–H groups in total. The molecule has 3 aliphatic rings. The smallest absolute Gasteiger partial charge is 0.309 e. The first-order chi connectivity index (χ1) is 14.8. The number of hydrogen-bond donors (Lipinski definition) is 0. The van der Waals surface area contributed by atoms with Crippen molar-refractivity contribution in [3.63, 3.8) is 0 Å². The number of allylic oxidation sites excluding steroid dienone is 3. The van der Waals surface area contributed by atoms with Crippen LogP contribution in [0.15, 0.2) is 23.8 Å². The van der Waals surface area contributed by atoms with Gasteiger partial charge in [-0.25, -0.2) is 0 Å². The van der Waals surface area contributed by atoms with Gasteiger partial charge in [0.05, 0.1) is 12.3 Å². The summed E-state index contributed by atoms with van der Waals surface area (Å²) >= 11 is 0. The molecule has 172 valence electrons. The maximum atomic E-state index is 12.6. The molecule has 6 heteroatoms. The summed E-state index contributed by atoms with van der Waals surface area (Å²) in [6.45, 7) is 8.70. The van der Waals surface area contributed by atoms with E-state index >= 15 is 0 Å². The van der Waals surface area contributed by atoms with Crippen LogP contribution in [0.2, 0.25) is 0 Å². The third-order valence-corrected chi connectivity index (χ3v) is 7.17. The molecule has 31 heavy (non-hydrogen) atoms. The Kier molecular flexibility index (Phi) is 7.95. The number of esters is 2. The van der Waals surface area contributed by atoms with Gasteiger partial charge < -0.3 is 14.2 Å². The lowest BCUT2D eigenvalue weighted by Crippen LogP contribution is -2.42. The van der Waals surface area contributed by atoms with Crippen molar-refractivity contribution < 1.29 is 28.6 Å². The van der Waals surface area contributed by atoms with Crippen LogP contribution in [0.1, 0.15) is 66.2 Å². The molecule has 0 aromatic carbocycles. The average Bonchev–Trinajstić information content (AvgIpc) is 2.72. The van der Waals surface area contributed by atoms with Crippen molar-refractivity contribution in [1.29, 1.82) is 0 Å². The summed E-state index contributed by atoms with van der Waals surface area (Å²) in [5, 5.41) is 0. The van der Waals surface area contributed by atoms with Gasteiger partial charge in [0.25, 0.3) is 6.47 Å². The standard InChI is InChI=1S/C25H36O6/c1-5-16(3)25(28)31-22-11-15(2)10-18-7-6-17(4)21(24(18)22)9-8-19-12-20(29-14-26)13-23(27)30-19/h6-7,10,14-17,19-22,24H,5,8-9,11-13H2,1-4H3. The van der Waals surface area contributed by atoms with E-state index in [1.807, 2.05) is 13.8 Å². The van der Waals surface area contributed by atoms with Gasteiger partial charge in [-0.15, -0.1) is 0 Å². The molecule has 0 aromatic rings. The predicted molar refractivity (Wildman–Crippen MR) is 116 cm³/mol. The summed E-state index contributed by atoms with van der Waals surface area (Å²) in [6, 6.07) is 0. The lowest BCUT2D eigenvalue weighted by atomic mass is 9.65. The van der Waals surface area contributed by atoms with Crippen molar-refractivity contribution in [2.24, 2.45) is 29.6 Å². The highest BCUT2D eigenvalue weighted by molar-refractivity contribution is 5.72. The molecule has 1 aliphatic heterocycles. The van der Waals surface area contributed by atoms with Gasteiger partial charge in [-0.1, -0.05) is 45.9 Å². The summed E-state index contributed by atoms with van der Waals surface area (Å²) < 4.78 is 16.6. The van der Waals surface area contributed by atoms with E-state index in [2.05, 4.69) is 32.1 Å². The van der Waals surface area contributed by atoms with E-state index in [9.17, 15) is 14.4 Å². The molecule has 1 heterocycles. The number of fused-ring (bicyclic) bond motifs is 1. The molecular weight excluding hydrogens is 396 g/mol. The third kappa shape index (κ3) is 5.78. The first-order valence-corrected chi connectivity index (χ1v) is 11.7. The summed E-state index contributed by atoms with van der Waals surface area (Å²) in [4.78, 5) is 35.2. The van der Waals surface area contributed by atoms with Gasteiger partial charge in [0.15, 0.2) is 0 Å². The largest absolute Gasteiger partial charge is 0.464 e. The molecule has 8 atom stereocenters. The summed E-state index contributed by atoms with van der Waals surface area (Å²) in [5.41, 5.74) is 1.26. The maximum absolute atomic E-state index is 12.6. The van der Waals surface area contributed by atoms with E-state index in [0.29, 0.717) is 37.1 Å². The second kappa shape index (κ2) is 10.5. The van der Waals surface area contributed by atoms with Crippen LogP contribution in [0, 0.1) is 29.6 Å². The van der Waals surface area contributed by atoms with E-state index in [0.717, 1.165) is 19.3 Å². The summed E-state index contributed by atoms with van der Waals surface area (Å²) in [6.07, 6.45) is 9.79. The zero-order chi connectivity index (χ0) is 22.5. The first kappa shape index (κ1) is 23.6. The van der Waals surface area contributed by atoms with Crippen LogP contribution in [-0.4, -0.2) is 36.7 Å². The zero-order valence-corrected chi connectivity index (χ0v) is 19.1. The summed E-state index contributed by atoms with van der Waals surface area (Å²) in [5.74, 6) is 0.622. The normalized spacial score (nSPS) is 35.9. The molecule has 0 amide bonds. The molecule has 0 radical (unpaired) electrons. The Morgan fingerprint density at radius 1 is 1.29 bits per heavy atom. The minimum absolute atomic E-state index is 0.101. The van der Waals surface area contributed by atoms with Crippen molar-refractivity contribution in [2.75, 3.05) is 0 Å². The highest BCUT2D eigenvalue weighted by atomic mass is 16.6. The van der Waals surface area contributed by atoms with Gasteiger partial charge >= 0.3 is 11.9 Å². The van der Waals surface area contributed by atoms with Crippen LogP contribution in [0.4, 0.5) is 0 Å². The second-order valence-electron chi connectivity index (χ2n) is 9.56. The van der Waals surface area contributed by atoms with Crippen LogP contribution in [-0.2, 0) is 28.6 Å². The third-order valence-electron chi connectivity index (χ3n) is 7.17. The van der Waals surface area contributed by atoms with Crippen molar-refractivity contribution in [3.05, 3.63) is 23.8 Å². The lowest BCUT2D eigenvalue weighted by Gasteiger charge is -2.43. The molecule has 2 aliphatic carbocycles. The maximum Gasteiger partial charge on any atom is 0.309 e. The monoisotopic (exact) mass is 432 g/mol. The van der Waals surface area contributed by atoms with Crippen LogP contribution in [0.5, 0.6) is 0 Å². The van der Waals surface area contributed by atoms with Gasteiger partial charge in [0.2, 0.25) is 0 Å². The molecular formula is C25H36O6. The van der Waals surface area contributed by atoms with Crippen molar-refractivity contribution in [2.45, 2.75) is 84.5 Å². The Morgan fingerprint density at radius 2 is 2.06 bits per heavy atom. The van der Waals surface area contributed by atoms with E-state index in [-0.39, 0.29) is 42.4 Å². The SMILES string of the molecule is CCC(C)C(=O)OC1CC(C)C=C2C=CC(C)C(CCC3CC(OC=O)CC(=O)O3)C21. The fourth-order valence-electron chi connectivity index (χ4n) is 5.24. The minimum atomic E-state index is -0.400. The van der Waals surface area contributed by atoms with E-state index in [1.54, 1.807) is 0 Å². The van der Waals surface area contributed by atoms with Gasteiger partial charge in [0, 0.05) is 12.3 Å². The Morgan fingerprint density at radius 3 is 2.77 bits per heavy atom. The molecule has 0 spiro atoms. The van der Waals surface area contributed by atoms with Crippen LogP contribution >= 0.6 is 0 Å². The number of carbonyl (C=O) groups is 3. The van der Waals surface area contributed by atoms with Gasteiger partial charge in [-0.3, -0.25) is 14.4 Å². The van der Waals surface area contributed by atoms with E-state index in [1.165, 1.54) is 5.57 Å². The quantitative estimate of drug-likeness (QED) is 0.322. The zero-order valence-electron chi connectivity index (χ0n) is 19.1. The molecule has 0 saturated carbocycles.